The van der Waals surface area contributed by atoms with Gasteiger partial charge in [0.1, 0.15) is 0 Å². The van der Waals surface area contributed by atoms with Crippen molar-refractivity contribution >= 4 is 29.6 Å². The van der Waals surface area contributed by atoms with E-state index in [9.17, 15) is 29.1 Å². The van der Waals surface area contributed by atoms with Crippen molar-refractivity contribution in [2.24, 2.45) is 0 Å². The number of nitrogens with zero attached hydrogens (tertiary/aromatic N) is 2. The molecule has 0 aliphatic carbocycles. The molecule has 2 N–H and O–H groups in total. The molecule has 0 spiro atoms. The number of imide groups is 1. The molecule has 0 bridgehead atoms. The zero-order valence-corrected chi connectivity index (χ0v) is 20.1. The number of hydrogen-bond donors (Lipinski definition) is 2. The van der Waals surface area contributed by atoms with E-state index in [2.05, 4.69) is 5.32 Å². The van der Waals surface area contributed by atoms with Crippen molar-refractivity contribution < 1.29 is 52.9 Å². The molecule has 1 saturated heterocycles. The number of amides is 4. The number of hydrogen-bond acceptors (Lipinski definition) is 11. The molecule has 0 aromatic carbocycles. The van der Waals surface area contributed by atoms with Gasteiger partial charge in [0, 0.05) is 44.5 Å². The number of hydroxylamine groups is 2. The molecule has 14 heteroatoms. The highest BCUT2D eigenvalue weighted by molar-refractivity contribution is 6.13. The quantitative estimate of drug-likeness (QED) is 0.148. The molecular formula is C22H33N3O11. The smallest absolute Gasteiger partial charge is 0.334 e. The highest BCUT2D eigenvalue weighted by atomic mass is 16.7. The van der Waals surface area contributed by atoms with Crippen molar-refractivity contribution in [1.82, 2.24) is 15.3 Å². The third-order valence-corrected chi connectivity index (χ3v) is 4.93. The average molecular weight is 516 g/mol. The highest BCUT2D eigenvalue weighted by Gasteiger charge is 2.32. The van der Waals surface area contributed by atoms with Gasteiger partial charge in [0.25, 0.3) is 17.7 Å². The Morgan fingerprint density at radius 2 is 1.42 bits per heavy atom. The second-order valence-corrected chi connectivity index (χ2v) is 7.66. The van der Waals surface area contributed by atoms with Crippen LogP contribution in [0, 0.1) is 0 Å². The maximum atomic E-state index is 11.7. The van der Waals surface area contributed by atoms with Gasteiger partial charge in [0.2, 0.25) is 5.91 Å². The van der Waals surface area contributed by atoms with Crippen molar-refractivity contribution in [3.05, 3.63) is 12.2 Å². The summed E-state index contributed by atoms with van der Waals surface area (Å²) in [5.41, 5.74) is 0. The number of aliphatic hydroxyl groups is 1. The monoisotopic (exact) mass is 515 g/mol. The van der Waals surface area contributed by atoms with Gasteiger partial charge in [-0.05, 0) is 0 Å². The van der Waals surface area contributed by atoms with E-state index in [0.29, 0.717) is 51.2 Å². The summed E-state index contributed by atoms with van der Waals surface area (Å²) < 4.78 is 21.3. The molecular weight excluding hydrogens is 482 g/mol. The van der Waals surface area contributed by atoms with Crippen molar-refractivity contribution in [3.8, 4) is 0 Å². The summed E-state index contributed by atoms with van der Waals surface area (Å²) in [6, 6.07) is 0. The molecule has 1 fully saturated rings. The minimum atomic E-state index is -1.09. The molecule has 0 saturated carbocycles. The molecule has 2 aliphatic rings. The molecule has 0 radical (unpaired) electrons. The van der Waals surface area contributed by atoms with E-state index < -0.39 is 29.9 Å². The van der Waals surface area contributed by atoms with Crippen LogP contribution < -0.4 is 5.32 Å². The number of carbonyl (C=O) groups excluding carboxylic acids is 5. The van der Waals surface area contributed by atoms with E-state index in [4.69, 9.17) is 23.8 Å². The topological polar surface area (TPSA) is 170 Å². The molecule has 0 aromatic heterocycles. The first-order valence-electron chi connectivity index (χ1n) is 11.7. The number of rotatable bonds is 19. The summed E-state index contributed by atoms with van der Waals surface area (Å²) in [5, 5.41) is 12.8. The Labute approximate surface area is 208 Å². The van der Waals surface area contributed by atoms with E-state index in [1.807, 2.05) is 0 Å². The van der Waals surface area contributed by atoms with Gasteiger partial charge >= 0.3 is 5.97 Å². The van der Waals surface area contributed by atoms with Crippen molar-refractivity contribution in [3.63, 3.8) is 0 Å². The lowest BCUT2D eigenvalue weighted by Gasteiger charge is -2.18. The van der Waals surface area contributed by atoms with Crippen LogP contribution in [-0.2, 0) is 47.8 Å². The minimum Gasteiger partial charge on any atom is -0.378 e. The van der Waals surface area contributed by atoms with E-state index in [1.54, 1.807) is 0 Å². The summed E-state index contributed by atoms with van der Waals surface area (Å²) in [7, 11) is 0. The standard InChI is InChI=1S/C22H33N3O11/c26-17(5-8-24-18(27)1-2-19(24)28)23-7-10-33-12-14-35-16-15-34-13-11-32-9-6-22(31)36-25-20(29)3-4-21(25)30/h1-2,20,29H,3-16H2,(H,23,26). The van der Waals surface area contributed by atoms with Crippen LogP contribution in [0.4, 0.5) is 0 Å². The first kappa shape index (κ1) is 29.3. The average Bonchev–Trinajstić information content (AvgIpc) is 3.34. The second kappa shape index (κ2) is 16.7. The fourth-order valence-electron chi connectivity index (χ4n) is 3.05. The third kappa shape index (κ3) is 11.2. The van der Waals surface area contributed by atoms with E-state index in [0.717, 1.165) is 4.90 Å². The summed E-state index contributed by atoms with van der Waals surface area (Å²) in [4.78, 5) is 63.3. The number of carbonyl (C=O) groups is 5. The van der Waals surface area contributed by atoms with Gasteiger partial charge in [-0.25, -0.2) is 4.79 Å². The Bertz CT molecular complexity index is 771. The van der Waals surface area contributed by atoms with Crippen LogP contribution in [0.5, 0.6) is 0 Å². The van der Waals surface area contributed by atoms with Gasteiger partial charge in [0.05, 0.1) is 59.3 Å². The molecule has 1 atom stereocenters. The van der Waals surface area contributed by atoms with Crippen molar-refractivity contribution in [1.29, 1.82) is 0 Å². The molecule has 2 rings (SSSR count). The van der Waals surface area contributed by atoms with Crippen LogP contribution in [0.1, 0.15) is 25.7 Å². The van der Waals surface area contributed by atoms with Crippen molar-refractivity contribution in [2.75, 3.05) is 65.9 Å². The van der Waals surface area contributed by atoms with E-state index >= 15 is 0 Å². The molecule has 14 nitrogen and oxygen atoms in total. The Morgan fingerprint density at radius 1 is 0.861 bits per heavy atom. The first-order chi connectivity index (χ1) is 17.4. The fraction of sp³-hybridized carbons (Fsp3) is 0.682. The fourth-order valence-corrected chi connectivity index (χ4v) is 3.05. The van der Waals surface area contributed by atoms with Crippen LogP contribution >= 0.6 is 0 Å². The van der Waals surface area contributed by atoms with Crippen molar-refractivity contribution in [2.45, 2.75) is 31.9 Å². The molecule has 2 aliphatic heterocycles. The van der Waals surface area contributed by atoms with Gasteiger partial charge in [-0.15, -0.1) is 5.06 Å². The van der Waals surface area contributed by atoms with Gasteiger partial charge in [-0.2, -0.15) is 0 Å². The lowest BCUT2D eigenvalue weighted by Crippen LogP contribution is -2.35. The van der Waals surface area contributed by atoms with Crippen LogP contribution in [0.3, 0.4) is 0 Å². The SMILES string of the molecule is O=C(CCN1C(=O)C=CC1=O)NCCOCCOCCOCCOCCC(=O)ON1C(=O)CCC1O. The molecule has 202 valence electrons. The second-order valence-electron chi connectivity index (χ2n) is 7.66. The number of ether oxygens (including phenoxy) is 4. The highest BCUT2D eigenvalue weighted by Crippen LogP contribution is 2.16. The Balaban J connectivity index is 1.29. The molecule has 1 unspecified atom stereocenters. The third-order valence-electron chi connectivity index (χ3n) is 4.93. The normalized spacial score (nSPS) is 17.4. The van der Waals surface area contributed by atoms with Gasteiger partial charge < -0.3 is 34.2 Å². The Morgan fingerprint density at radius 3 is 1.97 bits per heavy atom. The van der Waals surface area contributed by atoms with Crippen LogP contribution in [0.25, 0.3) is 0 Å². The zero-order valence-electron chi connectivity index (χ0n) is 20.1. The Hall–Kier alpha value is -2.91. The van der Waals surface area contributed by atoms with Crippen LogP contribution in [-0.4, -0.2) is 117 Å². The zero-order chi connectivity index (χ0) is 26.2. The Kier molecular flexibility index (Phi) is 13.6. The van der Waals surface area contributed by atoms with E-state index in [-0.39, 0.29) is 51.3 Å². The summed E-state index contributed by atoms with van der Waals surface area (Å²) >= 11 is 0. The summed E-state index contributed by atoms with van der Waals surface area (Å²) in [5.74, 6) is -2.18. The number of aliphatic hydroxyl groups excluding tert-OH is 1. The molecule has 4 amide bonds. The first-order valence-corrected chi connectivity index (χ1v) is 11.7. The molecule has 2 heterocycles. The van der Waals surface area contributed by atoms with Gasteiger partial charge in [0.15, 0.2) is 6.23 Å². The predicted octanol–water partition coefficient (Wildman–Crippen LogP) is -1.73. The maximum absolute atomic E-state index is 11.7. The number of nitrogens with one attached hydrogen (secondary N) is 1. The largest absolute Gasteiger partial charge is 0.378 e. The summed E-state index contributed by atoms with van der Waals surface area (Å²) in [6.07, 6.45) is 1.63. The molecule has 0 aromatic rings. The van der Waals surface area contributed by atoms with Crippen LogP contribution in [0.15, 0.2) is 12.2 Å². The predicted molar refractivity (Wildman–Crippen MR) is 120 cm³/mol. The van der Waals surface area contributed by atoms with Gasteiger partial charge in [-0.3, -0.25) is 24.1 Å². The summed E-state index contributed by atoms with van der Waals surface area (Å²) in [6.45, 7) is 2.76. The molecule has 36 heavy (non-hydrogen) atoms. The van der Waals surface area contributed by atoms with E-state index in [1.165, 1.54) is 12.2 Å². The minimum absolute atomic E-state index is 0.0335. The van der Waals surface area contributed by atoms with Crippen LogP contribution in [0.2, 0.25) is 0 Å². The van der Waals surface area contributed by atoms with Gasteiger partial charge in [-0.1, -0.05) is 0 Å². The lowest BCUT2D eigenvalue weighted by molar-refractivity contribution is -0.221. The lowest BCUT2D eigenvalue weighted by atomic mass is 10.3. The maximum Gasteiger partial charge on any atom is 0.334 e.